The molecule has 0 N–H and O–H groups in total. The molecular formula is C16H15F2NO. The van der Waals surface area contributed by atoms with E-state index in [0.29, 0.717) is 17.8 Å². The molecule has 104 valence electrons. The molecule has 0 saturated carbocycles. The van der Waals surface area contributed by atoms with E-state index in [1.165, 1.54) is 11.0 Å². The van der Waals surface area contributed by atoms with E-state index in [1.54, 1.807) is 25.1 Å². The Labute approximate surface area is 116 Å². The Morgan fingerprint density at radius 2 is 1.85 bits per heavy atom. The second-order valence-corrected chi connectivity index (χ2v) is 4.52. The number of carbonyl (C=O) groups is 1. The molecule has 0 saturated heterocycles. The van der Waals surface area contributed by atoms with Crippen LogP contribution < -0.4 is 4.90 Å². The molecule has 4 heteroatoms. The molecule has 2 aromatic carbocycles. The Kier molecular flexibility index (Phi) is 4.13. The van der Waals surface area contributed by atoms with E-state index < -0.39 is 11.6 Å². The number of halogens is 2. The highest BCUT2D eigenvalue weighted by molar-refractivity contribution is 6.06. The van der Waals surface area contributed by atoms with Gasteiger partial charge >= 0.3 is 0 Å². The Morgan fingerprint density at radius 3 is 2.45 bits per heavy atom. The predicted molar refractivity (Wildman–Crippen MR) is 74.9 cm³/mol. The first-order valence-electron chi connectivity index (χ1n) is 6.36. The third-order valence-electron chi connectivity index (χ3n) is 3.04. The summed E-state index contributed by atoms with van der Waals surface area (Å²) in [5, 5.41) is 0. The van der Waals surface area contributed by atoms with E-state index in [4.69, 9.17) is 0 Å². The van der Waals surface area contributed by atoms with E-state index in [-0.39, 0.29) is 5.91 Å². The number of hydrogen-bond donors (Lipinski definition) is 0. The maximum absolute atomic E-state index is 13.3. The molecule has 0 bridgehead atoms. The molecule has 2 nitrogen and oxygen atoms in total. The topological polar surface area (TPSA) is 20.3 Å². The number of nitrogens with zero attached hydrogens (tertiary/aromatic N) is 1. The number of carbonyl (C=O) groups excluding carboxylic acids is 1. The zero-order valence-electron chi connectivity index (χ0n) is 11.4. The van der Waals surface area contributed by atoms with Crippen LogP contribution in [-0.2, 0) is 0 Å². The fourth-order valence-corrected chi connectivity index (χ4v) is 2.03. The van der Waals surface area contributed by atoms with E-state index in [0.717, 1.165) is 17.7 Å². The van der Waals surface area contributed by atoms with Crippen LogP contribution in [0.5, 0.6) is 0 Å². The number of hydrogen-bond acceptors (Lipinski definition) is 1. The van der Waals surface area contributed by atoms with E-state index in [9.17, 15) is 13.6 Å². The number of aryl methyl sites for hydroxylation is 1. The van der Waals surface area contributed by atoms with Gasteiger partial charge in [0.25, 0.3) is 5.91 Å². The Bertz CT molecular complexity index is 640. The van der Waals surface area contributed by atoms with Crippen LogP contribution in [0.4, 0.5) is 14.5 Å². The van der Waals surface area contributed by atoms with Gasteiger partial charge in [0.15, 0.2) is 11.6 Å². The standard InChI is InChI=1S/C16H15F2NO/c1-3-19(13-7-8-14(17)15(18)10-13)16(20)12-6-4-5-11(2)9-12/h4-10H,3H2,1-2H3. The molecule has 0 aromatic heterocycles. The Hall–Kier alpha value is -2.23. The molecule has 0 atom stereocenters. The van der Waals surface area contributed by atoms with Gasteiger partial charge in [0.1, 0.15) is 0 Å². The summed E-state index contributed by atoms with van der Waals surface area (Å²) in [6.45, 7) is 4.05. The van der Waals surface area contributed by atoms with Gasteiger partial charge in [-0.3, -0.25) is 4.79 Å². The van der Waals surface area contributed by atoms with Gasteiger partial charge in [-0.15, -0.1) is 0 Å². The predicted octanol–water partition coefficient (Wildman–Crippen LogP) is 3.94. The summed E-state index contributed by atoms with van der Waals surface area (Å²) in [6, 6.07) is 10.6. The molecule has 0 aliphatic heterocycles. The van der Waals surface area contributed by atoms with Crippen LogP contribution in [-0.4, -0.2) is 12.5 Å². The second kappa shape index (κ2) is 5.82. The minimum absolute atomic E-state index is 0.234. The molecule has 0 spiro atoms. The van der Waals surface area contributed by atoms with Gasteiger partial charge in [-0.05, 0) is 38.1 Å². The van der Waals surface area contributed by atoms with Gasteiger partial charge in [-0.1, -0.05) is 17.7 Å². The first-order chi connectivity index (χ1) is 9.52. The average molecular weight is 275 g/mol. The summed E-state index contributed by atoms with van der Waals surface area (Å²) < 4.78 is 26.3. The molecule has 0 aliphatic rings. The summed E-state index contributed by atoms with van der Waals surface area (Å²) in [4.78, 5) is 13.8. The van der Waals surface area contributed by atoms with Crippen molar-refractivity contribution in [1.82, 2.24) is 0 Å². The van der Waals surface area contributed by atoms with Gasteiger partial charge in [0, 0.05) is 23.9 Å². The highest BCUT2D eigenvalue weighted by Gasteiger charge is 2.17. The smallest absolute Gasteiger partial charge is 0.258 e. The van der Waals surface area contributed by atoms with Crippen LogP contribution in [0, 0.1) is 18.6 Å². The lowest BCUT2D eigenvalue weighted by atomic mass is 10.1. The van der Waals surface area contributed by atoms with Crippen LogP contribution in [0.3, 0.4) is 0 Å². The summed E-state index contributed by atoms with van der Waals surface area (Å²) in [5.74, 6) is -2.12. The zero-order chi connectivity index (χ0) is 14.7. The van der Waals surface area contributed by atoms with E-state index in [2.05, 4.69) is 0 Å². The number of benzene rings is 2. The third-order valence-corrected chi connectivity index (χ3v) is 3.04. The SMILES string of the molecule is CCN(C(=O)c1cccc(C)c1)c1ccc(F)c(F)c1. The van der Waals surface area contributed by atoms with Gasteiger partial charge in [0.2, 0.25) is 0 Å². The summed E-state index contributed by atoms with van der Waals surface area (Å²) in [7, 11) is 0. The van der Waals surface area contributed by atoms with Crippen LogP contribution in [0.25, 0.3) is 0 Å². The summed E-state index contributed by atoms with van der Waals surface area (Å²) in [5.41, 5.74) is 1.84. The third kappa shape index (κ3) is 2.85. The Morgan fingerprint density at radius 1 is 1.10 bits per heavy atom. The fraction of sp³-hybridized carbons (Fsp3) is 0.188. The molecule has 0 unspecified atom stereocenters. The monoisotopic (exact) mass is 275 g/mol. The van der Waals surface area contributed by atoms with Crippen LogP contribution in [0.1, 0.15) is 22.8 Å². The van der Waals surface area contributed by atoms with Gasteiger partial charge in [-0.25, -0.2) is 8.78 Å². The molecule has 0 fully saturated rings. The van der Waals surface area contributed by atoms with Gasteiger partial charge in [-0.2, -0.15) is 0 Å². The lowest BCUT2D eigenvalue weighted by molar-refractivity contribution is 0.0988. The molecular weight excluding hydrogens is 260 g/mol. The summed E-state index contributed by atoms with van der Waals surface area (Å²) in [6.07, 6.45) is 0. The minimum atomic E-state index is -0.960. The van der Waals surface area contributed by atoms with Gasteiger partial charge in [0.05, 0.1) is 0 Å². The quantitative estimate of drug-likeness (QED) is 0.830. The normalized spacial score (nSPS) is 10.4. The number of amides is 1. The first kappa shape index (κ1) is 14.2. The maximum atomic E-state index is 13.3. The van der Waals surface area contributed by atoms with Gasteiger partial charge < -0.3 is 4.90 Å². The lowest BCUT2D eigenvalue weighted by Crippen LogP contribution is -2.30. The van der Waals surface area contributed by atoms with Crippen molar-refractivity contribution in [2.75, 3.05) is 11.4 Å². The van der Waals surface area contributed by atoms with Crippen LogP contribution in [0.15, 0.2) is 42.5 Å². The fourth-order valence-electron chi connectivity index (χ4n) is 2.03. The first-order valence-corrected chi connectivity index (χ1v) is 6.36. The van der Waals surface area contributed by atoms with Crippen LogP contribution in [0.2, 0.25) is 0 Å². The van der Waals surface area contributed by atoms with Crippen molar-refractivity contribution in [3.8, 4) is 0 Å². The molecule has 20 heavy (non-hydrogen) atoms. The zero-order valence-corrected chi connectivity index (χ0v) is 11.4. The van der Waals surface area contributed by atoms with Crippen molar-refractivity contribution in [3.05, 3.63) is 65.2 Å². The molecule has 0 aliphatic carbocycles. The highest BCUT2D eigenvalue weighted by atomic mass is 19.2. The van der Waals surface area contributed by atoms with Crippen molar-refractivity contribution in [2.45, 2.75) is 13.8 Å². The number of anilines is 1. The Balaban J connectivity index is 2.36. The number of rotatable bonds is 3. The molecule has 1 amide bonds. The van der Waals surface area contributed by atoms with E-state index in [1.807, 2.05) is 13.0 Å². The van der Waals surface area contributed by atoms with Crippen molar-refractivity contribution in [1.29, 1.82) is 0 Å². The van der Waals surface area contributed by atoms with E-state index >= 15 is 0 Å². The van der Waals surface area contributed by atoms with Crippen molar-refractivity contribution in [2.24, 2.45) is 0 Å². The van der Waals surface area contributed by atoms with Crippen molar-refractivity contribution >= 4 is 11.6 Å². The van der Waals surface area contributed by atoms with Crippen molar-refractivity contribution < 1.29 is 13.6 Å². The average Bonchev–Trinajstić information content (AvgIpc) is 2.43. The molecule has 0 heterocycles. The molecule has 2 aromatic rings. The van der Waals surface area contributed by atoms with Crippen molar-refractivity contribution in [3.63, 3.8) is 0 Å². The largest absolute Gasteiger partial charge is 0.309 e. The highest BCUT2D eigenvalue weighted by Crippen LogP contribution is 2.20. The summed E-state index contributed by atoms with van der Waals surface area (Å²) >= 11 is 0. The maximum Gasteiger partial charge on any atom is 0.258 e. The lowest BCUT2D eigenvalue weighted by Gasteiger charge is -2.21. The van der Waals surface area contributed by atoms with Crippen LogP contribution >= 0.6 is 0 Å². The molecule has 2 rings (SSSR count). The second-order valence-electron chi connectivity index (χ2n) is 4.52. The molecule has 0 radical (unpaired) electrons. The minimum Gasteiger partial charge on any atom is -0.309 e.